The topological polar surface area (TPSA) is 55.4 Å². The summed E-state index contributed by atoms with van der Waals surface area (Å²) >= 11 is 2.83. The van der Waals surface area contributed by atoms with Crippen molar-refractivity contribution in [1.29, 1.82) is 0 Å². The monoisotopic (exact) mass is 322 g/mol. The number of hydrogen-bond donors (Lipinski definition) is 0. The molecular formula is C13H18CrO6. The van der Waals surface area contributed by atoms with Crippen molar-refractivity contribution >= 4 is 4.57 Å². The average Bonchev–Trinajstić information content (AvgIpc) is 2.49. The van der Waals surface area contributed by atoms with Gasteiger partial charge < -0.3 is 0 Å². The Morgan fingerprint density at radius 2 is 1.65 bits per heavy atom. The summed E-state index contributed by atoms with van der Waals surface area (Å²) in [6, 6.07) is 3.47. The minimum atomic E-state index is 0.0959. The fourth-order valence-corrected chi connectivity index (χ4v) is 1.70. The van der Waals surface area contributed by atoms with E-state index in [0.717, 1.165) is 0 Å². The van der Waals surface area contributed by atoms with Crippen molar-refractivity contribution < 1.29 is 44.3 Å². The first-order valence-corrected chi connectivity index (χ1v) is 6.35. The van der Waals surface area contributed by atoms with Crippen molar-refractivity contribution in [3.05, 3.63) is 17.7 Å². The molecule has 0 radical (unpaired) electrons. The summed E-state index contributed by atoms with van der Waals surface area (Å²) in [5, 5.41) is 0. The predicted octanol–water partition coefficient (Wildman–Crippen LogP) is 1.33. The van der Waals surface area contributed by atoms with Crippen molar-refractivity contribution in [2.24, 2.45) is 0 Å². The van der Waals surface area contributed by atoms with Crippen LogP contribution < -0.4 is 14.2 Å². The molecule has 0 aromatic heterocycles. The van der Waals surface area contributed by atoms with Crippen LogP contribution in [0.4, 0.5) is 0 Å². The molecule has 0 heterocycles. The number of rotatable bonds is 9. The van der Waals surface area contributed by atoms with Crippen LogP contribution in [0.25, 0.3) is 0 Å². The standard InChI is InChI=1S/C13H18O6.Cr/c1-14-7-10-5-11(18-8-15-2)6-12(17-4)13(10)19-9-16-3;/h5-6H,8-9H2,1-4H3;. The Morgan fingerprint density at radius 3 is 2.20 bits per heavy atom. The van der Waals surface area contributed by atoms with Crippen LogP contribution in [0, 0.1) is 0 Å². The second-order valence-corrected chi connectivity index (χ2v) is 4.17. The van der Waals surface area contributed by atoms with Crippen LogP contribution in [-0.2, 0) is 30.1 Å². The number of methoxy groups -OCH3 is 4. The summed E-state index contributed by atoms with van der Waals surface area (Å²) in [6.07, 6.45) is 0. The molecule has 1 aromatic rings. The van der Waals surface area contributed by atoms with Gasteiger partial charge in [0, 0.05) is 0 Å². The van der Waals surface area contributed by atoms with Gasteiger partial charge in [0.05, 0.1) is 0 Å². The molecule has 0 saturated carbocycles. The predicted molar refractivity (Wildman–Crippen MR) is 69.1 cm³/mol. The molecule has 0 fully saturated rings. The zero-order valence-electron chi connectivity index (χ0n) is 11.9. The van der Waals surface area contributed by atoms with E-state index >= 15 is 0 Å². The van der Waals surface area contributed by atoms with Gasteiger partial charge in [-0.2, -0.15) is 0 Å². The Bertz CT molecular complexity index is 449. The molecule has 112 valence electrons. The van der Waals surface area contributed by atoms with E-state index in [1.54, 1.807) is 40.6 Å². The van der Waals surface area contributed by atoms with Crippen LogP contribution in [0.2, 0.25) is 0 Å². The maximum absolute atomic E-state index is 5.54. The summed E-state index contributed by atoms with van der Waals surface area (Å²) in [6.45, 7) is 0.231. The minimum absolute atomic E-state index is 0.0959. The SMILES string of the molecule is COCOc1cc(OC)c(OCOC)c([C](=[Cr])OC)c1. The summed E-state index contributed by atoms with van der Waals surface area (Å²) in [5.74, 6) is 1.60. The average molecular weight is 322 g/mol. The molecule has 0 saturated heterocycles. The van der Waals surface area contributed by atoms with Gasteiger partial charge >= 0.3 is 126 Å². The Kier molecular flexibility index (Phi) is 7.59. The first-order chi connectivity index (χ1) is 9.67. The quantitative estimate of drug-likeness (QED) is 0.640. The van der Waals surface area contributed by atoms with Crippen molar-refractivity contribution in [2.75, 3.05) is 42.0 Å². The summed E-state index contributed by atoms with van der Waals surface area (Å²) in [4.78, 5) is 0. The van der Waals surface area contributed by atoms with Crippen LogP contribution >= 0.6 is 0 Å². The Balaban J connectivity index is 3.20. The molecule has 20 heavy (non-hydrogen) atoms. The fraction of sp³-hybridized carbons (Fsp3) is 0.462. The normalized spacial score (nSPS) is 10.2. The first kappa shape index (κ1) is 17.0. The van der Waals surface area contributed by atoms with Gasteiger partial charge in [-0.15, -0.1) is 0 Å². The fourth-order valence-electron chi connectivity index (χ4n) is 1.47. The molecule has 0 N–H and O–H groups in total. The molecule has 6 nitrogen and oxygen atoms in total. The second kappa shape index (κ2) is 8.95. The number of ether oxygens (including phenoxy) is 6. The van der Waals surface area contributed by atoms with E-state index in [2.05, 4.69) is 15.9 Å². The van der Waals surface area contributed by atoms with Gasteiger partial charge in [0.15, 0.2) is 0 Å². The third-order valence-electron chi connectivity index (χ3n) is 2.32. The molecule has 0 amide bonds. The summed E-state index contributed by atoms with van der Waals surface area (Å²) in [5.41, 5.74) is 0.676. The van der Waals surface area contributed by atoms with E-state index in [1.165, 1.54) is 0 Å². The molecule has 0 atom stereocenters. The van der Waals surface area contributed by atoms with Gasteiger partial charge in [0.1, 0.15) is 0 Å². The molecule has 0 spiro atoms. The zero-order valence-corrected chi connectivity index (χ0v) is 13.2. The van der Waals surface area contributed by atoms with Gasteiger partial charge in [-0.25, -0.2) is 0 Å². The van der Waals surface area contributed by atoms with Gasteiger partial charge in [0.25, 0.3) is 0 Å². The Hall–Kier alpha value is -1.10. The van der Waals surface area contributed by atoms with Crippen LogP contribution in [0.1, 0.15) is 5.56 Å². The van der Waals surface area contributed by atoms with Gasteiger partial charge in [-0.3, -0.25) is 0 Å². The van der Waals surface area contributed by atoms with Crippen LogP contribution in [0.15, 0.2) is 12.1 Å². The van der Waals surface area contributed by atoms with E-state index in [9.17, 15) is 0 Å². The molecule has 0 aliphatic carbocycles. The van der Waals surface area contributed by atoms with Crippen LogP contribution in [0.5, 0.6) is 17.2 Å². The van der Waals surface area contributed by atoms with E-state index in [-0.39, 0.29) is 13.6 Å². The van der Waals surface area contributed by atoms with E-state index in [4.69, 9.17) is 28.4 Å². The van der Waals surface area contributed by atoms with E-state index in [1.807, 2.05) is 0 Å². The van der Waals surface area contributed by atoms with Crippen molar-refractivity contribution in [3.8, 4) is 17.2 Å². The number of hydrogen-bond acceptors (Lipinski definition) is 6. The maximum atomic E-state index is 5.54. The van der Waals surface area contributed by atoms with Gasteiger partial charge in [-0.1, -0.05) is 0 Å². The Morgan fingerprint density at radius 1 is 1.00 bits per heavy atom. The zero-order chi connectivity index (χ0) is 15.0. The third kappa shape index (κ3) is 4.48. The Labute approximate surface area is 126 Å². The van der Waals surface area contributed by atoms with Crippen molar-refractivity contribution in [1.82, 2.24) is 0 Å². The molecule has 0 aliphatic heterocycles. The third-order valence-corrected chi connectivity index (χ3v) is 2.92. The molecule has 7 heteroatoms. The summed E-state index contributed by atoms with van der Waals surface area (Å²) < 4.78 is 31.8. The van der Waals surface area contributed by atoms with Crippen LogP contribution in [0.3, 0.4) is 0 Å². The van der Waals surface area contributed by atoms with Crippen LogP contribution in [-0.4, -0.2) is 46.6 Å². The van der Waals surface area contributed by atoms with Gasteiger partial charge in [0.2, 0.25) is 0 Å². The first-order valence-electron chi connectivity index (χ1n) is 5.71. The molecule has 1 aromatic carbocycles. The molecule has 0 unspecified atom stereocenters. The van der Waals surface area contributed by atoms with Gasteiger partial charge in [-0.05, 0) is 0 Å². The van der Waals surface area contributed by atoms with Crippen molar-refractivity contribution in [2.45, 2.75) is 0 Å². The molecule has 1 rings (SSSR count). The second-order valence-electron chi connectivity index (χ2n) is 3.60. The van der Waals surface area contributed by atoms with E-state index < -0.39 is 0 Å². The van der Waals surface area contributed by atoms with E-state index in [0.29, 0.717) is 27.4 Å². The van der Waals surface area contributed by atoms with Crippen molar-refractivity contribution in [3.63, 3.8) is 0 Å². The summed E-state index contributed by atoms with van der Waals surface area (Å²) in [7, 11) is 6.20. The molecule has 0 aliphatic rings. The molecule has 0 bridgehead atoms. The number of benzene rings is 1. The molecular weight excluding hydrogens is 304 g/mol.